The summed E-state index contributed by atoms with van der Waals surface area (Å²) in [5.74, 6) is -1.95. The lowest BCUT2D eigenvalue weighted by molar-refractivity contribution is -0.215. The number of carbonyl (C=O) groups is 2. The van der Waals surface area contributed by atoms with Crippen LogP contribution in [0.4, 0.5) is 13.2 Å². The van der Waals surface area contributed by atoms with Crippen LogP contribution in [0.2, 0.25) is 0 Å². The summed E-state index contributed by atoms with van der Waals surface area (Å²) in [5, 5.41) is 8.92. The predicted octanol–water partition coefficient (Wildman–Crippen LogP) is 2.43. The lowest BCUT2D eigenvalue weighted by atomic mass is 9.87. The molecule has 0 aromatic rings. The molecule has 0 radical (unpaired) electrons. The highest BCUT2D eigenvalue weighted by Gasteiger charge is 2.50. The Bertz CT molecular complexity index is 375. The molecule has 0 bridgehead atoms. The molecule has 19 heavy (non-hydrogen) atoms. The number of carboxylic acids is 1. The summed E-state index contributed by atoms with van der Waals surface area (Å²) in [6.45, 7) is 3.21. The van der Waals surface area contributed by atoms with Gasteiger partial charge in [-0.05, 0) is 19.8 Å². The van der Waals surface area contributed by atoms with Gasteiger partial charge in [-0.15, -0.1) is 0 Å². The molecule has 1 N–H and O–H groups in total. The number of aliphatic carboxylic acids is 1. The Morgan fingerprint density at radius 2 is 1.79 bits per heavy atom. The van der Waals surface area contributed by atoms with Gasteiger partial charge < -0.3 is 10.0 Å². The molecule has 4 nitrogen and oxygen atoms in total. The predicted molar refractivity (Wildman–Crippen MR) is 61.4 cm³/mol. The quantitative estimate of drug-likeness (QED) is 0.842. The van der Waals surface area contributed by atoms with Crippen LogP contribution in [0.5, 0.6) is 0 Å². The lowest BCUT2D eigenvalue weighted by Gasteiger charge is -2.32. The van der Waals surface area contributed by atoms with Crippen molar-refractivity contribution < 1.29 is 27.9 Å². The van der Waals surface area contributed by atoms with E-state index in [0.717, 1.165) is 18.7 Å². The first-order valence-corrected chi connectivity index (χ1v) is 6.08. The Morgan fingerprint density at radius 3 is 2.11 bits per heavy atom. The fourth-order valence-corrected chi connectivity index (χ4v) is 1.78. The molecular formula is C12H18F3NO3. The van der Waals surface area contributed by atoms with Gasteiger partial charge in [0.15, 0.2) is 0 Å². The largest absolute Gasteiger partial charge is 0.480 e. The van der Waals surface area contributed by atoms with Crippen molar-refractivity contribution in [2.24, 2.45) is 5.41 Å². The van der Waals surface area contributed by atoms with Crippen LogP contribution in [-0.4, -0.2) is 40.1 Å². The van der Waals surface area contributed by atoms with Crippen molar-refractivity contribution in [2.45, 2.75) is 58.3 Å². The second-order valence-corrected chi connectivity index (χ2v) is 5.60. The number of hydrogen-bond acceptors (Lipinski definition) is 2. The van der Waals surface area contributed by atoms with Crippen LogP contribution in [0.25, 0.3) is 0 Å². The fourth-order valence-electron chi connectivity index (χ4n) is 1.78. The van der Waals surface area contributed by atoms with Crippen molar-refractivity contribution >= 4 is 11.9 Å². The SMILES string of the molecule is CC(C(=O)O)N(C(=O)CC(C)(C)C(F)(F)F)C1CC1. The molecule has 0 heterocycles. The number of nitrogens with zero attached hydrogens (tertiary/aromatic N) is 1. The third-order valence-electron chi connectivity index (χ3n) is 3.36. The van der Waals surface area contributed by atoms with Gasteiger partial charge in [0.25, 0.3) is 0 Å². The maximum absolute atomic E-state index is 12.7. The third kappa shape index (κ3) is 3.61. The number of hydrogen-bond donors (Lipinski definition) is 1. The van der Waals surface area contributed by atoms with E-state index in [9.17, 15) is 22.8 Å². The molecule has 0 aliphatic heterocycles. The van der Waals surface area contributed by atoms with Gasteiger partial charge in [0.2, 0.25) is 5.91 Å². The minimum absolute atomic E-state index is 0.234. The van der Waals surface area contributed by atoms with Crippen molar-refractivity contribution in [1.82, 2.24) is 4.90 Å². The smallest absolute Gasteiger partial charge is 0.394 e. The molecule has 1 fully saturated rings. The van der Waals surface area contributed by atoms with Crippen molar-refractivity contribution in [3.63, 3.8) is 0 Å². The Morgan fingerprint density at radius 1 is 1.32 bits per heavy atom. The Labute approximate surface area is 109 Å². The molecule has 1 amide bonds. The molecule has 1 aliphatic carbocycles. The molecule has 1 rings (SSSR count). The summed E-state index contributed by atoms with van der Waals surface area (Å²) in [6, 6.07) is -1.33. The van der Waals surface area contributed by atoms with Gasteiger partial charge in [-0.1, -0.05) is 13.8 Å². The minimum atomic E-state index is -4.50. The zero-order valence-electron chi connectivity index (χ0n) is 11.1. The van der Waals surface area contributed by atoms with Gasteiger partial charge >= 0.3 is 12.1 Å². The van der Waals surface area contributed by atoms with Crippen molar-refractivity contribution in [3.05, 3.63) is 0 Å². The van der Waals surface area contributed by atoms with Crippen LogP contribution in [0.3, 0.4) is 0 Å². The van der Waals surface area contributed by atoms with Gasteiger partial charge in [-0.2, -0.15) is 13.2 Å². The topological polar surface area (TPSA) is 57.6 Å². The molecule has 1 unspecified atom stereocenters. The van der Waals surface area contributed by atoms with E-state index < -0.39 is 35.9 Å². The van der Waals surface area contributed by atoms with Crippen LogP contribution < -0.4 is 0 Å². The normalized spacial score (nSPS) is 18.0. The molecule has 1 aliphatic rings. The Balaban J connectivity index is 2.82. The molecule has 0 aromatic carbocycles. The summed E-state index contributed by atoms with van der Waals surface area (Å²) in [5.41, 5.74) is -2.16. The monoisotopic (exact) mass is 281 g/mol. The van der Waals surface area contributed by atoms with E-state index in [1.54, 1.807) is 0 Å². The van der Waals surface area contributed by atoms with E-state index in [4.69, 9.17) is 5.11 Å². The maximum atomic E-state index is 12.7. The first-order valence-electron chi connectivity index (χ1n) is 6.08. The van der Waals surface area contributed by atoms with E-state index in [-0.39, 0.29) is 6.04 Å². The number of amides is 1. The summed E-state index contributed by atoms with van der Waals surface area (Å²) < 4.78 is 38.2. The second kappa shape index (κ2) is 5.02. The molecule has 0 aromatic heterocycles. The molecule has 1 saturated carbocycles. The van der Waals surface area contributed by atoms with Gasteiger partial charge in [0, 0.05) is 12.5 Å². The zero-order valence-corrected chi connectivity index (χ0v) is 11.1. The summed E-state index contributed by atoms with van der Waals surface area (Å²) >= 11 is 0. The van der Waals surface area contributed by atoms with Gasteiger partial charge in [0.05, 0.1) is 5.41 Å². The zero-order chi connectivity index (χ0) is 15.0. The molecule has 110 valence electrons. The Kier molecular flexibility index (Phi) is 4.17. The van der Waals surface area contributed by atoms with E-state index in [1.165, 1.54) is 6.92 Å². The maximum Gasteiger partial charge on any atom is 0.394 e. The average molecular weight is 281 g/mol. The van der Waals surface area contributed by atoms with Crippen LogP contribution in [0.1, 0.15) is 40.0 Å². The van der Waals surface area contributed by atoms with Crippen LogP contribution in [0.15, 0.2) is 0 Å². The first-order chi connectivity index (χ1) is 8.47. The van der Waals surface area contributed by atoms with E-state index in [1.807, 2.05) is 0 Å². The van der Waals surface area contributed by atoms with E-state index >= 15 is 0 Å². The summed E-state index contributed by atoms with van der Waals surface area (Å²) in [6.07, 6.45) is -3.93. The highest BCUT2D eigenvalue weighted by molar-refractivity contribution is 5.84. The van der Waals surface area contributed by atoms with E-state index in [2.05, 4.69) is 0 Å². The molecule has 7 heteroatoms. The molecule has 0 spiro atoms. The minimum Gasteiger partial charge on any atom is -0.480 e. The summed E-state index contributed by atoms with van der Waals surface area (Å²) in [7, 11) is 0. The second-order valence-electron chi connectivity index (χ2n) is 5.60. The summed E-state index contributed by atoms with van der Waals surface area (Å²) in [4.78, 5) is 24.0. The molecular weight excluding hydrogens is 263 g/mol. The first kappa shape index (κ1) is 15.8. The third-order valence-corrected chi connectivity index (χ3v) is 3.36. The lowest BCUT2D eigenvalue weighted by Crippen LogP contribution is -2.47. The van der Waals surface area contributed by atoms with Crippen molar-refractivity contribution in [1.29, 1.82) is 0 Å². The van der Waals surface area contributed by atoms with Crippen LogP contribution >= 0.6 is 0 Å². The van der Waals surface area contributed by atoms with Crippen LogP contribution in [-0.2, 0) is 9.59 Å². The molecule has 0 saturated heterocycles. The van der Waals surface area contributed by atoms with Crippen molar-refractivity contribution in [3.8, 4) is 0 Å². The number of rotatable bonds is 5. The highest BCUT2D eigenvalue weighted by Crippen LogP contribution is 2.41. The van der Waals surface area contributed by atoms with Gasteiger partial charge in [0.1, 0.15) is 6.04 Å². The standard InChI is InChI=1S/C12H18F3NO3/c1-7(10(18)19)16(8-4-5-8)9(17)6-11(2,3)12(13,14)15/h7-8H,4-6H2,1-3H3,(H,18,19). The Hall–Kier alpha value is -1.27. The van der Waals surface area contributed by atoms with Gasteiger partial charge in [-0.25, -0.2) is 4.79 Å². The average Bonchev–Trinajstić information content (AvgIpc) is 2.99. The number of carboxylic acid groups (broad SMARTS) is 1. The molecule has 1 atom stereocenters. The number of alkyl halides is 3. The number of carbonyl (C=O) groups excluding carboxylic acids is 1. The van der Waals surface area contributed by atoms with Gasteiger partial charge in [-0.3, -0.25) is 4.79 Å². The fraction of sp³-hybridized carbons (Fsp3) is 0.833. The highest BCUT2D eigenvalue weighted by atomic mass is 19.4. The van der Waals surface area contributed by atoms with Crippen LogP contribution in [0, 0.1) is 5.41 Å². The van der Waals surface area contributed by atoms with Crippen molar-refractivity contribution in [2.75, 3.05) is 0 Å². The number of halogens is 3. The van der Waals surface area contributed by atoms with E-state index in [0.29, 0.717) is 12.8 Å².